The zero-order chi connectivity index (χ0) is 13.8. The molecule has 1 aliphatic carbocycles. The van der Waals surface area contributed by atoms with Crippen LogP contribution in [0.2, 0.25) is 0 Å². The number of carbonyl (C=O) groups excluding carboxylic acids is 1. The molecule has 0 aromatic rings. The summed E-state index contributed by atoms with van der Waals surface area (Å²) in [4.78, 5) is 14.2. The molecule has 1 N–H and O–H groups in total. The van der Waals surface area contributed by atoms with Crippen LogP contribution in [0, 0.1) is 11.8 Å². The van der Waals surface area contributed by atoms with Crippen molar-refractivity contribution in [2.24, 2.45) is 11.8 Å². The second-order valence-corrected chi connectivity index (χ2v) is 6.37. The van der Waals surface area contributed by atoms with Gasteiger partial charge < -0.3 is 10.0 Å². The molecule has 1 saturated heterocycles. The van der Waals surface area contributed by atoms with E-state index in [-0.39, 0.29) is 11.8 Å². The van der Waals surface area contributed by atoms with Crippen LogP contribution in [0.15, 0.2) is 0 Å². The van der Waals surface area contributed by atoms with E-state index in [4.69, 9.17) is 0 Å². The Hall–Kier alpha value is -0.570. The number of aliphatic hydroxyl groups is 1. The monoisotopic (exact) mass is 267 g/mol. The Morgan fingerprint density at radius 1 is 1.26 bits per heavy atom. The summed E-state index contributed by atoms with van der Waals surface area (Å²) in [7, 11) is 0. The smallest absolute Gasteiger partial charge is 0.230 e. The average molecular weight is 267 g/mol. The molecule has 1 amide bonds. The fourth-order valence-corrected chi connectivity index (χ4v) is 3.93. The molecule has 1 saturated carbocycles. The van der Waals surface area contributed by atoms with Gasteiger partial charge in [-0.3, -0.25) is 4.79 Å². The van der Waals surface area contributed by atoms with Crippen molar-refractivity contribution in [2.75, 3.05) is 6.54 Å². The van der Waals surface area contributed by atoms with Gasteiger partial charge >= 0.3 is 0 Å². The number of likely N-dealkylation sites (tertiary alicyclic amines) is 1. The van der Waals surface area contributed by atoms with Crippen LogP contribution in [0.3, 0.4) is 0 Å². The van der Waals surface area contributed by atoms with E-state index in [9.17, 15) is 9.90 Å². The third kappa shape index (κ3) is 3.13. The minimum absolute atomic E-state index is 0.105. The molecule has 19 heavy (non-hydrogen) atoms. The third-order valence-corrected chi connectivity index (χ3v) is 4.90. The number of rotatable bonds is 7. The quantitative estimate of drug-likeness (QED) is 0.720. The summed E-state index contributed by atoms with van der Waals surface area (Å²) in [5.74, 6) is 0.753. The Bertz CT molecular complexity index is 299. The zero-order valence-corrected chi connectivity index (χ0v) is 12.5. The van der Waals surface area contributed by atoms with E-state index in [0.29, 0.717) is 12.0 Å². The molecule has 3 heteroatoms. The second kappa shape index (κ2) is 6.74. The molecule has 0 aromatic carbocycles. The topological polar surface area (TPSA) is 40.5 Å². The molecular weight excluding hydrogens is 238 g/mol. The number of hydrogen-bond donors (Lipinski definition) is 1. The van der Waals surface area contributed by atoms with Crippen molar-refractivity contribution in [2.45, 2.75) is 77.4 Å². The second-order valence-electron chi connectivity index (χ2n) is 6.37. The summed E-state index contributed by atoms with van der Waals surface area (Å²) in [6.45, 7) is 5.13. The number of β-lactam (4-membered cyclic amide) rings is 1. The lowest BCUT2D eigenvalue weighted by Gasteiger charge is -2.49. The highest BCUT2D eigenvalue weighted by molar-refractivity contribution is 5.86. The maximum absolute atomic E-state index is 12.2. The Kier molecular flexibility index (Phi) is 5.26. The molecule has 1 heterocycles. The van der Waals surface area contributed by atoms with E-state index >= 15 is 0 Å². The van der Waals surface area contributed by atoms with Crippen LogP contribution in [0.25, 0.3) is 0 Å². The molecule has 0 radical (unpaired) electrons. The Labute approximate surface area is 117 Å². The molecule has 110 valence electrons. The molecular formula is C16H29NO2. The molecule has 3 nitrogen and oxygen atoms in total. The van der Waals surface area contributed by atoms with Crippen molar-refractivity contribution >= 4 is 5.91 Å². The number of hydrogen-bond acceptors (Lipinski definition) is 2. The van der Waals surface area contributed by atoms with Gasteiger partial charge in [0.05, 0.1) is 12.0 Å². The fraction of sp³-hybridized carbons (Fsp3) is 0.938. The van der Waals surface area contributed by atoms with Crippen molar-refractivity contribution in [3.05, 3.63) is 0 Å². The van der Waals surface area contributed by atoms with Crippen LogP contribution < -0.4 is 0 Å². The lowest BCUT2D eigenvalue weighted by molar-refractivity contribution is -0.166. The number of aliphatic hydroxyl groups excluding tert-OH is 1. The molecule has 2 fully saturated rings. The highest BCUT2D eigenvalue weighted by Gasteiger charge is 2.49. The molecule has 0 bridgehead atoms. The van der Waals surface area contributed by atoms with Crippen LogP contribution in [0.1, 0.15) is 65.2 Å². The van der Waals surface area contributed by atoms with Gasteiger partial charge in [-0.2, -0.15) is 0 Å². The van der Waals surface area contributed by atoms with Gasteiger partial charge in [0.2, 0.25) is 5.91 Å². The van der Waals surface area contributed by atoms with Gasteiger partial charge in [0, 0.05) is 12.6 Å². The van der Waals surface area contributed by atoms with E-state index in [0.717, 1.165) is 32.2 Å². The zero-order valence-electron chi connectivity index (χ0n) is 12.5. The van der Waals surface area contributed by atoms with E-state index in [2.05, 4.69) is 13.8 Å². The summed E-state index contributed by atoms with van der Waals surface area (Å²) in [6, 6.07) is 0.300. The first-order valence-corrected chi connectivity index (χ1v) is 8.17. The van der Waals surface area contributed by atoms with E-state index in [1.807, 2.05) is 4.90 Å². The van der Waals surface area contributed by atoms with Crippen molar-refractivity contribution < 1.29 is 9.90 Å². The molecule has 1 aliphatic heterocycles. The van der Waals surface area contributed by atoms with Gasteiger partial charge in [-0.1, -0.05) is 46.0 Å². The van der Waals surface area contributed by atoms with Crippen LogP contribution in [-0.2, 0) is 4.79 Å². The molecule has 0 aromatic heterocycles. The molecule has 3 unspecified atom stereocenters. The maximum Gasteiger partial charge on any atom is 0.230 e. The van der Waals surface area contributed by atoms with E-state index < -0.39 is 6.10 Å². The first-order valence-electron chi connectivity index (χ1n) is 8.17. The minimum Gasteiger partial charge on any atom is -0.392 e. The Balaban J connectivity index is 1.91. The largest absolute Gasteiger partial charge is 0.392 e. The number of amides is 1. The van der Waals surface area contributed by atoms with Crippen molar-refractivity contribution in [3.63, 3.8) is 0 Å². The SMILES string of the molecule is CCCC1C(C(O)CC2CCCC2)C(=O)N1CCC. The normalized spacial score (nSPS) is 29.6. The molecule has 0 spiro atoms. The van der Waals surface area contributed by atoms with Crippen LogP contribution >= 0.6 is 0 Å². The summed E-state index contributed by atoms with van der Waals surface area (Å²) in [5, 5.41) is 10.4. The Morgan fingerprint density at radius 2 is 1.95 bits per heavy atom. The van der Waals surface area contributed by atoms with Gasteiger partial charge in [-0.05, 0) is 25.2 Å². The van der Waals surface area contributed by atoms with Crippen LogP contribution in [0.5, 0.6) is 0 Å². The number of carbonyl (C=O) groups is 1. The number of nitrogens with zero attached hydrogens (tertiary/aromatic N) is 1. The first-order chi connectivity index (χ1) is 9.19. The van der Waals surface area contributed by atoms with Crippen molar-refractivity contribution in [3.8, 4) is 0 Å². The minimum atomic E-state index is -0.403. The van der Waals surface area contributed by atoms with Gasteiger partial charge in [-0.25, -0.2) is 0 Å². The fourth-order valence-electron chi connectivity index (χ4n) is 3.93. The highest BCUT2D eigenvalue weighted by atomic mass is 16.3. The highest BCUT2D eigenvalue weighted by Crippen LogP contribution is 2.37. The van der Waals surface area contributed by atoms with E-state index in [1.165, 1.54) is 25.7 Å². The predicted octanol–water partition coefficient (Wildman–Crippen LogP) is 2.96. The van der Waals surface area contributed by atoms with Gasteiger partial charge in [0.25, 0.3) is 0 Å². The summed E-state index contributed by atoms with van der Waals surface area (Å²) >= 11 is 0. The van der Waals surface area contributed by atoms with Gasteiger partial charge in [0.1, 0.15) is 0 Å². The van der Waals surface area contributed by atoms with E-state index in [1.54, 1.807) is 0 Å². The molecule has 2 aliphatic rings. The maximum atomic E-state index is 12.2. The third-order valence-electron chi connectivity index (χ3n) is 4.90. The summed E-state index contributed by atoms with van der Waals surface area (Å²) < 4.78 is 0. The molecule has 3 atom stereocenters. The average Bonchev–Trinajstić information content (AvgIpc) is 2.88. The molecule has 2 rings (SSSR count). The summed E-state index contributed by atoms with van der Waals surface area (Å²) in [6.07, 6.45) is 8.67. The van der Waals surface area contributed by atoms with Crippen LogP contribution in [-0.4, -0.2) is 34.6 Å². The summed E-state index contributed by atoms with van der Waals surface area (Å²) in [5.41, 5.74) is 0. The van der Waals surface area contributed by atoms with Crippen molar-refractivity contribution in [1.82, 2.24) is 4.90 Å². The van der Waals surface area contributed by atoms with Crippen molar-refractivity contribution in [1.29, 1.82) is 0 Å². The van der Waals surface area contributed by atoms with Crippen LogP contribution in [0.4, 0.5) is 0 Å². The van der Waals surface area contributed by atoms with Gasteiger partial charge in [0.15, 0.2) is 0 Å². The Morgan fingerprint density at radius 3 is 2.53 bits per heavy atom. The standard InChI is InChI=1S/C16H29NO2/c1-3-7-13-15(16(19)17(13)10-4-2)14(18)11-12-8-5-6-9-12/h12-15,18H,3-11H2,1-2H3. The predicted molar refractivity (Wildman–Crippen MR) is 76.8 cm³/mol. The lowest BCUT2D eigenvalue weighted by atomic mass is 9.77. The lowest BCUT2D eigenvalue weighted by Crippen LogP contribution is -2.64. The first kappa shape index (κ1) is 14.8. The van der Waals surface area contributed by atoms with Gasteiger partial charge in [-0.15, -0.1) is 0 Å².